The first-order chi connectivity index (χ1) is 28.3. The molecule has 0 heterocycles. The smallest absolute Gasteiger partial charge is 0.306 e. The molecule has 0 fully saturated rings. The highest BCUT2D eigenvalue weighted by molar-refractivity contribution is 5.71. The van der Waals surface area contributed by atoms with E-state index in [4.69, 9.17) is 14.2 Å². The Morgan fingerprint density at radius 1 is 0.362 bits per heavy atom. The molecule has 0 aliphatic carbocycles. The molecule has 0 rings (SSSR count). The lowest BCUT2D eigenvalue weighted by Crippen LogP contribution is -2.30. The molecule has 344 valence electrons. The van der Waals surface area contributed by atoms with Gasteiger partial charge in [-0.2, -0.15) is 0 Å². The standard InChI is InChI=1S/C52H100O6/c1-6-8-9-10-11-12-13-14-15-16-17-18-19-20-21-22-27-34-39-44-52(55)58-49(46-57-51(54)43-38-33-29-28-31-36-41-48(5)7-2)45-56-50(53)42-37-32-26-24-23-25-30-35-40-47(3)4/h47-49H,6-46H2,1-5H3/t48?,49-/m1/s1. The largest absolute Gasteiger partial charge is 0.462 e. The maximum atomic E-state index is 12.8. The van der Waals surface area contributed by atoms with Gasteiger partial charge in [0, 0.05) is 19.3 Å². The van der Waals surface area contributed by atoms with Gasteiger partial charge in [0.05, 0.1) is 0 Å². The fraction of sp³-hybridized carbons (Fsp3) is 0.942. The number of carbonyl (C=O) groups is 3. The van der Waals surface area contributed by atoms with Crippen molar-refractivity contribution < 1.29 is 28.6 Å². The van der Waals surface area contributed by atoms with Gasteiger partial charge >= 0.3 is 17.9 Å². The highest BCUT2D eigenvalue weighted by Crippen LogP contribution is 2.18. The molecular weight excluding hydrogens is 721 g/mol. The van der Waals surface area contributed by atoms with Crippen LogP contribution in [0.5, 0.6) is 0 Å². The molecule has 0 aliphatic rings. The third-order valence-electron chi connectivity index (χ3n) is 12.1. The minimum absolute atomic E-state index is 0.0654. The van der Waals surface area contributed by atoms with Crippen LogP contribution in [0.1, 0.15) is 285 Å². The van der Waals surface area contributed by atoms with Gasteiger partial charge in [-0.25, -0.2) is 0 Å². The Labute approximate surface area is 361 Å². The highest BCUT2D eigenvalue weighted by atomic mass is 16.6. The third-order valence-corrected chi connectivity index (χ3v) is 12.1. The van der Waals surface area contributed by atoms with Gasteiger partial charge in [-0.15, -0.1) is 0 Å². The number of esters is 3. The Balaban J connectivity index is 4.25. The molecule has 0 saturated heterocycles. The number of hydrogen-bond acceptors (Lipinski definition) is 6. The van der Waals surface area contributed by atoms with Crippen molar-refractivity contribution in [3.05, 3.63) is 0 Å². The van der Waals surface area contributed by atoms with Crippen molar-refractivity contribution in [2.75, 3.05) is 13.2 Å². The molecule has 0 radical (unpaired) electrons. The van der Waals surface area contributed by atoms with Crippen molar-refractivity contribution in [3.8, 4) is 0 Å². The molecule has 0 N–H and O–H groups in total. The Hall–Kier alpha value is -1.59. The topological polar surface area (TPSA) is 78.9 Å². The van der Waals surface area contributed by atoms with E-state index in [-0.39, 0.29) is 31.1 Å². The summed E-state index contributed by atoms with van der Waals surface area (Å²) in [7, 11) is 0. The molecule has 0 amide bonds. The number of carbonyl (C=O) groups excluding carboxylic acids is 3. The predicted molar refractivity (Wildman–Crippen MR) is 247 cm³/mol. The summed E-state index contributed by atoms with van der Waals surface area (Å²) in [5.74, 6) is 0.756. The molecule has 6 nitrogen and oxygen atoms in total. The number of unbranched alkanes of at least 4 members (excludes halogenated alkanes) is 30. The van der Waals surface area contributed by atoms with E-state index < -0.39 is 6.10 Å². The first-order valence-corrected chi connectivity index (χ1v) is 25.8. The summed E-state index contributed by atoms with van der Waals surface area (Å²) in [6, 6.07) is 0. The summed E-state index contributed by atoms with van der Waals surface area (Å²) in [4.78, 5) is 37.9. The second-order valence-corrected chi connectivity index (χ2v) is 18.5. The molecular formula is C52H100O6. The zero-order chi connectivity index (χ0) is 42.6. The zero-order valence-electron chi connectivity index (χ0n) is 39.7. The van der Waals surface area contributed by atoms with Crippen molar-refractivity contribution in [2.45, 2.75) is 291 Å². The average molecular weight is 821 g/mol. The van der Waals surface area contributed by atoms with Gasteiger partial charge in [0.1, 0.15) is 13.2 Å². The van der Waals surface area contributed by atoms with Gasteiger partial charge in [0.25, 0.3) is 0 Å². The minimum atomic E-state index is -0.762. The van der Waals surface area contributed by atoms with Gasteiger partial charge in [0.2, 0.25) is 0 Å². The summed E-state index contributed by atoms with van der Waals surface area (Å²) < 4.78 is 16.8. The SMILES string of the molecule is CCCCCCCCCCCCCCCCCCCCCC(=O)O[C@H](COC(=O)CCCCCCCCCCC(C)C)COC(=O)CCCCCCCCC(C)CC. The van der Waals surface area contributed by atoms with Gasteiger partial charge in [-0.05, 0) is 31.1 Å². The fourth-order valence-corrected chi connectivity index (χ4v) is 7.78. The van der Waals surface area contributed by atoms with Crippen LogP contribution < -0.4 is 0 Å². The third kappa shape index (κ3) is 44.0. The molecule has 0 saturated carbocycles. The van der Waals surface area contributed by atoms with E-state index in [9.17, 15) is 14.4 Å². The summed E-state index contributed by atoms with van der Waals surface area (Å²) in [6.07, 6.45) is 45.3. The minimum Gasteiger partial charge on any atom is -0.462 e. The molecule has 2 atom stereocenters. The lowest BCUT2D eigenvalue weighted by Gasteiger charge is -2.18. The Bertz CT molecular complexity index is 887. The maximum absolute atomic E-state index is 12.8. The summed E-state index contributed by atoms with van der Waals surface area (Å²) in [5.41, 5.74) is 0. The van der Waals surface area contributed by atoms with Gasteiger partial charge in [0.15, 0.2) is 6.10 Å². The van der Waals surface area contributed by atoms with Crippen molar-refractivity contribution >= 4 is 17.9 Å². The Morgan fingerprint density at radius 2 is 0.655 bits per heavy atom. The molecule has 58 heavy (non-hydrogen) atoms. The molecule has 1 unspecified atom stereocenters. The molecule has 0 aliphatic heterocycles. The van der Waals surface area contributed by atoms with Gasteiger partial charge in [-0.1, -0.05) is 247 Å². The lowest BCUT2D eigenvalue weighted by molar-refractivity contribution is -0.167. The monoisotopic (exact) mass is 821 g/mol. The van der Waals surface area contributed by atoms with E-state index in [1.807, 2.05) is 0 Å². The van der Waals surface area contributed by atoms with Crippen LogP contribution in [0.3, 0.4) is 0 Å². The van der Waals surface area contributed by atoms with Crippen LogP contribution in [0.4, 0.5) is 0 Å². The average Bonchev–Trinajstić information content (AvgIpc) is 3.21. The normalized spacial score (nSPS) is 12.5. The fourth-order valence-electron chi connectivity index (χ4n) is 7.78. The quantitative estimate of drug-likeness (QED) is 0.0346. The van der Waals surface area contributed by atoms with Crippen LogP contribution in [-0.2, 0) is 28.6 Å². The summed E-state index contributed by atoms with van der Waals surface area (Å²) >= 11 is 0. The van der Waals surface area contributed by atoms with E-state index >= 15 is 0 Å². The van der Waals surface area contributed by atoms with E-state index in [0.29, 0.717) is 19.3 Å². The van der Waals surface area contributed by atoms with Crippen molar-refractivity contribution in [3.63, 3.8) is 0 Å². The number of rotatable bonds is 46. The second-order valence-electron chi connectivity index (χ2n) is 18.5. The number of ether oxygens (including phenoxy) is 3. The summed E-state index contributed by atoms with van der Waals surface area (Å²) in [5, 5.41) is 0. The van der Waals surface area contributed by atoms with Crippen LogP contribution >= 0.6 is 0 Å². The molecule has 0 bridgehead atoms. The summed E-state index contributed by atoms with van der Waals surface area (Å²) in [6.45, 7) is 11.3. The van der Waals surface area contributed by atoms with Crippen LogP contribution in [-0.4, -0.2) is 37.2 Å². The Morgan fingerprint density at radius 3 is 0.983 bits per heavy atom. The second kappa shape index (κ2) is 44.9. The molecule has 0 aromatic heterocycles. The highest BCUT2D eigenvalue weighted by Gasteiger charge is 2.19. The van der Waals surface area contributed by atoms with Gasteiger partial charge in [-0.3, -0.25) is 14.4 Å². The van der Waals surface area contributed by atoms with E-state index in [0.717, 1.165) is 69.6 Å². The van der Waals surface area contributed by atoms with Crippen molar-refractivity contribution in [1.82, 2.24) is 0 Å². The first kappa shape index (κ1) is 56.4. The molecule has 0 aromatic rings. The van der Waals surface area contributed by atoms with E-state index in [2.05, 4.69) is 34.6 Å². The van der Waals surface area contributed by atoms with Crippen LogP contribution in [0, 0.1) is 11.8 Å². The van der Waals surface area contributed by atoms with Crippen LogP contribution in [0.2, 0.25) is 0 Å². The van der Waals surface area contributed by atoms with E-state index in [1.165, 1.54) is 173 Å². The van der Waals surface area contributed by atoms with Crippen molar-refractivity contribution in [2.24, 2.45) is 11.8 Å². The molecule has 6 heteroatoms. The maximum Gasteiger partial charge on any atom is 0.306 e. The zero-order valence-corrected chi connectivity index (χ0v) is 39.7. The molecule has 0 aromatic carbocycles. The van der Waals surface area contributed by atoms with Crippen molar-refractivity contribution in [1.29, 1.82) is 0 Å². The first-order valence-electron chi connectivity index (χ1n) is 25.8. The molecule has 0 spiro atoms. The predicted octanol–water partition coefficient (Wildman–Crippen LogP) is 16.5. The number of hydrogen-bond donors (Lipinski definition) is 0. The van der Waals surface area contributed by atoms with Crippen LogP contribution in [0.25, 0.3) is 0 Å². The Kier molecular flexibility index (Phi) is 43.7. The van der Waals surface area contributed by atoms with Crippen LogP contribution in [0.15, 0.2) is 0 Å². The van der Waals surface area contributed by atoms with Gasteiger partial charge < -0.3 is 14.2 Å². The lowest BCUT2D eigenvalue weighted by atomic mass is 10.00. The van der Waals surface area contributed by atoms with E-state index in [1.54, 1.807) is 0 Å².